The molecule has 3 aromatic rings. The first-order valence-electron chi connectivity index (χ1n) is 9.92. The summed E-state index contributed by atoms with van der Waals surface area (Å²) >= 11 is 0. The Morgan fingerprint density at radius 1 is 1.27 bits per heavy atom. The first-order chi connectivity index (χ1) is 15.6. The van der Waals surface area contributed by atoms with Gasteiger partial charge in [0.15, 0.2) is 0 Å². The Bertz CT molecular complexity index is 1190. The molecule has 0 bridgehead atoms. The van der Waals surface area contributed by atoms with Gasteiger partial charge in [0.05, 0.1) is 29.4 Å². The minimum Gasteiger partial charge on any atom is -0.380 e. The average molecular weight is 472 g/mol. The Balaban J connectivity index is 1.74. The van der Waals surface area contributed by atoms with Gasteiger partial charge in [-0.1, -0.05) is 6.07 Å². The fourth-order valence-corrected chi connectivity index (χ4v) is 3.91. The second kappa shape index (κ2) is 8.65. The summed E-state index contributed by atoms with van der Waals surface area (Å²) in [5, 5.41) is 0. The monoisotopic (exact) mass is 472 g/mol. The zero-order chi connectivity index (χ0) is 23.9. The highest BCUT2D eigenvalue weighted by atomic mass is 19.4. The molecule has 1 fully saturated rings. The molecule has 0 spiro atoms. The maximum Gasteiger partial charge on any atom is 0.449 e. The second-order valence-electron chi connectivity index (χ2n) is 7.55. The number of aromatic nitrogens is 3. The Morgan fingerprint density at radius 3 is 2.64 bits per heavy atom. The Kier molecular flexibility index (Phi) is 6.04. The van der Waals surface area contributed by atoms with E-state index in [0.717, 1.165) is 18.3 Å². The van der Waals surface area contributed by atoms with Crippen LogP contribution in [0.2, 0.25) is 0 Å². The van der Waals surface area contributed by atoms with E-state index in [0.29, 0.717) is 24.1 Å². The van der Waals surface area contributed by atoms with Gasteiger partial charge in [0.25, 0.3) is 12.3 Å². The van der Waals surface area contributed by atoms with Crippen molar-refractivity contribution in [3.63, 3.8) is 0 Å². The number of hydrogen-bond acceptors (Lipinski definition) is 4. The summed E-state index contributed by atoms with van der Waals surface area (Å²) in [5.41, 5.74) is -0.782. The van der Waals surface area contributed by atoms with Crippen LogP contribution >= 0.6 is 0 Å². The zero-order valence-electron chi connectivity index (χ0n) is 17.2. The first-order valence-corrected chi connectivity index (χ1v) is 9.92. The van der Waals surface area contributed by atoms with Gasteiger partial charge in [-0.3, -0.25) is 9.78 Å². The number of nitrogens with zero attached hydrogens (tertiary/aromatic N) is 4. The topological polar surface area (TPSA) is 60.2 Å². The van der Waals surface area contributed by atoms with Crippen LogP contribution in [-0.4, -0.2) is 58.1 Å². The van der Waals surface area contributed by atoms with Gasteiger partial charge in [-0.25, -0.2) is 18.2 Å². The van der Waals surface area contributed by atoms with Crippen LogP contribution in [0.25, 0.3) is 22.3 Å². The lowest BCUT2D eigenvalue weighted by atomic mass is 10.1. The number of methoxy groups -OCH3 is 1. The van der Waals surface area contributed by atoms with E-state index in [-0.39, 0.29) is 34.0 Å². The summed E-state index contributed by atoms with van der Waals surface area (Å²) in [7, 11) is 1.52. The van der Waals surface area contributed by atoms with Crippen molar-refractivity contribution in [1.29, 1.82) is 0 Å². The molecule has 0 N–H and O–H groups in total. The molecule has 0 radical (unpaired) electrons. The number of benzene rings is 1. The van der Waals surface area contributed by atoms with Gasteiger partial charge in [0.1, 0.15) is 11.3 Å². The number of rotatable bonds is 5. The van der Waals surface area contributed by atoms with Crippen molar-refractivity contribution >= 4 is 16.9 Å². The molecule has 1 amide bonds. The molecule has 0 unspecified atom stereocenters. The maximum absolute atomic E-state index is 14.9. The fraction of sp³-hybridized carbons (Fsp3) is 0.381. The Morgan fingerprint density at radius 2 is 2.03 bits per heavy atom. The molecular formula is C21H18F6N4O2. The van der Waals surface area contributed by atoms with Gasteiger partial charge in [0, 0.05) is 32.0 Å². The number of alkyl halides is 5. The minimum atomic E-state index is -4.98. The van der Waals surface area contributed by atoms with E-state index in [1.54, 1.807) is 0 Å². The zero-order valence-corrected chi connectivity index (χ0v) is 17.2. The van der Waals surface area contributed by atoms with Gasteiger partial charge < -0.3 is 14.2 Å². The Labute approximate surface area is 183 Å². The molecule has 2 aromatic heterocycles. The number of imidazole rings is 1. The van der Waals surface area contributed by atoms with Crippen LogP contribution < -0.4 is 0 Å². The highest BCUT2D eigenvalue weighted by Crippen LogP contribution is 2.35. The maximum atomic E-state index is 14.9. The number of halogens is 6. The van der Waals surface area contributed by atoms with Gasteiger partial charge in [-0.05, 0) is 24.6 Å². The van der Waals surface area contributed by atoms with Crippen LogP contribution in [0.5, 0.6) is 0 Å². The standard InChI is InChI=1S/C21H18F6N4O2/c1-33-12-5-7-30(9-12)19(32)13-3-2-11(8-14(13)22)17-18-15(4-6-28-17)31(10-16(23)24)20(29-18)21(25,26)27/h2-4,6,8,12,16H,5,7,9-10H2,1H3/t12-/m0/s1. The van der Waals surface area contributed by atoms with Crippen LogP contribution in [0, 0.1) is 5.82 Å². The molecule has 176 valence electrons. The SMILES string of the molecule is CO[C@H]1CCN(C(=O)c2ccc(-c3nccc4c3nc(C(F)(F)F)n4CC(F)F)cc2F)C1. The molecule has 1 aliphatic rings. The molecule has 12 heteroatoms. The van der Waals surface area contributed by atoms with Crippen molar-refractivity contribution in [2.75, 3.05) is 20.2 Å². The predicted octanol–water partition coefficient (Wildman–Crippen LogP) is 4.38. The molecule has 1 aromatic carbocycles. The molecular weight excluding hydrogens is 454 g/mol. The molecule has 33 heavy (non-hydrogen) atoms. The Hall–Kier alpha value is -3.15. The van der Waals surface area contributed by atoms with Crippen molar-refractivity contribution in [1.82, 2.24) is 19.4 Å². The quantitative estimate of drug-likeness (QED) is 0.517. The largest absolute Gasteiger partial charge is 0.449 e. The number of fused-ring (bicyclic) bond motifs is 1. The van der Waals surface area contributed by atoms with Crippen LogP contribution in [0.3, 0.4) is 0 Å². The number of ether oxygens (including phenoxy) is 1. The van der Waals surface area contributed by atoms with E-state index < -0.39 is 36.7 Å². The van der Waals surface area contributed by atoms with Crippen molar-refractivity contribution in [3.8, 4) is 11.3 Å². The fourth-order valence-electron chi connectivity index (χ4n) is 3.91. The number of amides is 1. The van der Waals surface area contributed by atoms with Crippen LogP contribution in [0.1, 0.15) is 22.6 Å². The molecule has 1 saturated heterocycles. The molecule has 1 aliphatic heterocycles. The van der Waals surface area contributed by atoms with Crippen LogP contribution in [0.15, 0.2) is 30.5 Å². The number of hydrogen-bond donors (Lipinski definition) is 0. The second-order valence-corrected chi connectivity index (χ2v) is 7.55. The van der Waals surface area contributed by atoms with Crippen molar-refractivity contribution in [3.05, 3.63) is 47.7 Å². The third kappa shape index (κ3) is 4.39. The molecule has 4 rings (SSSR count). The van der Waals surface area contributed by atoms with E-state index in [1.165, 1.54) is 24.1 Å². The molecule has 3 heterocycles. The number of carbonyl (C=O) groups is 1. The third-order valence-electron chi connectivity index (χ3n) is 5.48. The van der Waals surface area contributed by atoms with Crippen LogP contribution in [0.4, 0.5) is 26.3 Å². The van der Waals surface area contributed by atoms with Gasteiger partial charge in [-0.15, -0.1) is 0 Å². The van der Waals surface area contributed by atoms with E-state index in [4.69, 9.17) is 4.74 Å². The van der Waals surface area contributed by atoms with Crippen molar-refractivity contribution in [2.24, 2.45) is 0 Å². The summed E-state index contributed by atoms with van der Waals surface area (Å²) in [6.45, 7) is -0.491. The lowest BCUT2D eigenvalue weighted by Gasteiger charge is -2.17. The van der Waals surface area contributed by atoms with E-state index in [9.17, 15) is 31.1 Å². The van der Waals surface area contributed by atoms with E-state index in [1.807, 2.05) is 0 Å². The lowest BCUT2D eigenvalue weighted by molar-refractivity contribution is -0.147. The summed E-state index contributed by atoms with van der Waals surface area (Å²) in [6, 6.07) is 4.66. The van der Waals surface area contributed by atoms with Crippen molar-refractivity contribution in [2.45, 2.75) is 31.7 Å². The number of likely N-dealkylation sites (tertiary alicyclic amines) is 1. The lowest BCUT2D eigenvalue weighted by Crippen LogP contribution is -2.30. The van der Waals surface area contributed by atoms with Gasteiger partial charge in [0.2, 0.25) is 5.82 Å². The average Bonchev–Trinajstić information content (AvgIpc) is 3.38. The predicted molar refractivity (Wildman–Crippen MR) is 105 cm³/mol. The number of pyridine rings is 1. The molecule has 6 nitrogen and oxygen atoms in total. The van der Waals surface area contributed by atoms with Gasteiger partial charge >= 0.3 is 6.18 Å². The van der Waals surface area contributed by atoms with Crippen LogP contribution in [-0.2, 0) is 17.5 Å². The summed E-state index contributed by atoms with van der Waals surface area (Å²) in [5.74, 6) is -2.92. The summed E-state index contributed by atoms with van der Waals surface area (Å²) in [4.78, 5) is 21.6. The molecule has 0 aliphatic carbocycles. The minimum absolute atomic E-state index is 0.0567. The summed E-state index contributed by atoms with van der Waals surface area (Å²) in [6.07, 6.45) is -6.41. The molecule has 0 saturated carbocycles. The van der Waals surface area contributed by atoms with E-state index >= 15 is 0 Å². The van der Waals surface area contributed by atoms with Gasteiger partial charge in [-0.2, -0.15) is 13.2 Å². The third-order valence-corrected chi connectivity index (χ3v) is 5.48. The smallest absolute Gasteiger partial charge is 0.380 e. The first kappa shape index (κ1) is 23.0. The normalized spacial score (nSPS) is 16.8. The molecule has 1 atom stereocenters. The highest BCUT2D eigenvalue weighted by Gasteiger charge is 2.38. The van der Waals surface area contributed by atoms with Crippen molar-refractivity contribution < 1.29 is 35.9 Å². The number of carbonyl (C=O) groups excluding carboxylic acids is 1. The summed E-state index contributed by atoms with van der Waals surface area (Å²) < 4.78 is 86.6. The highest BCUT2D eigenvalue weighted by molar-refractivity contribution is 5.96. The van der Waals surface area contributed by atoms with E-state index in [2.05, 4.69) is 9.97 Å².